The maximum atomic E-state index is 5.80. The normalized spacial score (nSPS) is 23.2. The first kappa shape index (κ1) is 16.5. The molecule has 2 heteroatoms. The molecule has 0 spiro atoms. The summed E-state index contributed by atoms with van der Waals surface area (Å²) in [5.74, 6) is 4.26. The van der Waals surface area contributed by atoms with E-state index in [4.69, 9.17) is 15.9 Å². The van der Waals surface area contributed by atoms with Crippen LogP contribution in [0, 0.1) is 24.2 Å². The van der Waals surface area contributed by atoms with E-state index in [1.807, 2.05) is 0 Å². The van der Waals surface area contributed by atoms with Crippen LogP contribution in [0.15, 0.2) is 0 Å². The standard InChI is InChI=1S/C17H30O2/c1-3-4-5-6-7-8-13-19-15-17-11-9-16(10-12-17)14-18-2/h1,16-17H,4-15H2,2H3. The number of terminal acetylenes is 1. The molecule has 0 N–H and O–H groups in total. The van der Waals surface area contributed by atoms with Crippen LogP contribution in [0.25, 0.3) is 0 Å². The predicted molar refractivity (Wildman–Crippen MR) is 80.1 cm³/mol. The second-order valence-electron chi connectivity index (χ2n) is 5.79. The summed E-state index contributed by atoms with van der Waals surface area (Å²) in [6.45, 7) is 2.82. The van der Waals surface area contributed by atoms with Gasteiger partial charge in [0.25, 0.3) is 0 Å². The van der Waals surface area contributed by atoms with Crippen molar-refractivity contribution in [2.45, 2.75) is 57.8 Å². The van der Waals surface area contributed by atoms with E-state index in [9.17, 15) is 0 Å². The van der Waals surface area contributed by atoms with Gasteiger partial charge < -0.3 is 9.47 Å². The Balaban J connectivity index is 1.87. The fourth-order valence-electron chi connectivity index (χ4n) is 2.84. The van der Waals surface area contributed by atoms with Gasteiger partial charge in [-0.15, -0.1) is 12.3 Å². The molecule has 19 heavy (non-hydrogen) atoms. The molecule has 0 bridgehead atoms. The average Bonchev–Trinajstić information content (AvgIpc) is 2.44. The maximum Gasteiger partial charge on any atom is 0.0494 e. The zero-order chi connectivity index (χ0) is 13.8. The lowest BCUT2D eigenvalue weighted by Crippen LogP contribution is -2.21. The van der Waals surface area contributed by atoms with Crippen LogP contribution in [0.1, 0.15) is 57.8 Å². The molecule has 0 radical (unpaired) electrons. The first-order valence-electron chi connectivity index (χ1n) is 7.87. The maximum absolute atomic E-state index is 5.80. The Hall–Kier alpha value is -0.520. The van der Waals surface area contributed by atoms with Gasteiger partial charge in [-0.2, -0.15) is 0 Å². The molecule has 0 unspecified atom stereocenters. The largest absolute Gasteiger partial charge is 0.384 e. The Morgan fingerprint density at radius 3 is 2.21 bits per heavy atom. The van der Waals surface area contributed by atoms with Crippen LogP contribution in [-0.4, -0.2) is 26.9 Å². The molecule has 0 heterocycles. The molecule has 0 aliphatic heterocycles. The van der Waals surface area contributed by atoms with Crippen molar-refractivity contribution in [1.82, 2.24) is 0 Å². The van der Waals surface area contributed by atoms with Gasteiger partial charge in [-0.3, -0.25) is 0 Å². The highest BCUT2D eigenvalue weighted by molar-refractivity contribution is 4.82. The van der Waals surface area contributed by atoms with Crippen LogP contribution >= 0.6 is 0 Å². The van der Waals surface area contributed by atoms with E-state index < -0.39 is 0 Å². The highest BCUT2D eigenvalue weighted by Gasteiger charge is 2.20. The van der Waals surface area contributed by atoms with E-state index in [0.29, 0.717) is 0 Å². The number of methoxy groups -OCH3 is 1. The third kappa shape index (κ3) is 8.29. The van der Waals surface area contributed by atoms with Crippen molar-refractivity contribution >= 4 is 0 Å². The monoisotopic (exact) mass is 266 g/mol. The molecule has 1 fully saturated rings. The molecule has 1 aliphatic rings. The van der Waals surface area contributed by atoms with Gasteiger partial charge in [0.1, 0.15) is 0 Å². The van der Waals surface area contributed by atoms with Crippen molar-refractivity contribution in [2.24, 2.45) is 11.8 Å². The molecule has 0 aromatic heterocycles. The smallest absolute Gasteiger partial charge is 0.0494 e. The van der Waals surface area contributed by atoms with E-state index >= 15 is 0 Å². The minimum Gasteiger partial charge on any atom is -0.384 e. The lowest BCUT2D eigenvalue weighted by Gasteiger charge is -2.27. The fourth-order valence-corrected chi connectivity index (χ4v) is 2.84. The van der Waals surface area contributed by atoms with Crippen LogP contribution in [0.5, 0.6) is 0 Å². The molecule has 0 aromatic rings. The van der Waals surface area contributed by atoms with Gasteiger partial charge in [0.05, 0.1) is 0 Å². The third-order valence-electron chi connectivity index (χ3n) is 4.08. The molecule has 1 rings (SSSR count). The molecule has 2 nitrogen and oxygen atoms in total. The van der Waals surface area contributed by atoms with Gasteiger partial charge in [-0.1, -0.05) is 12.8 Å². The number of hydrogen-bond donors (Lipinski definition) is 0. The Morgan fingerprint density at radius 1 is 0.947 bits per heavy atom. The summed E-state index contributed by atoms with van der Waals surface area (Å²) >= 11 is 0. The summed E-state index contributed by atoms with van der Waals surface area (Å²) in [5.41, 5.74) is 0. The SMILES string of the molecule is C#CCCCCCCOCC1CCC(COC)CC1. The Kier molecular flexibility index (Phi) is 9.85. The Morgan fingerprint density at radius 2 is 1.58 bits per heavy atom. The minimum atomic E-state index is 0.787. The molecular weight excluding hydrogens is 236 g/mol. The lowest BCUT2D eigenvalue weighted by atomic mass is 9.83. The molecule has 0 atom stereocenters. The highest BCUT2D eigenvalue weighted by atomic mass is 16.5. The first-order valence-corrected chi connectivity index (χ1v) is 7.87. The van der Waals surface area contributed by atoms with E-state index in [1.54, 1.807) is 7.11 Å². The summed E-state index contributed by atoms with van der Waals surface area (Å²) < 4.78 is 11.0. The average molecular weight is 266 g/mol. The van der Waals surface area contributed by atoms with E-state index in [2.05, 4.69) is 5.92 Å². The van der Waals surface area contributed by atoms with Crippen LogP contribution < -0.4 is 0 Å². The molecule has 0 saturated heterocycles. The van der Waals surface area contributed by atoms with Crippen molar-refractivity contribution in [3.63, 3.8) is 0 Å². The van der Waals surface area contributed by atoms with Crippen LogP contribution in [0.3, 0.4) is 0 Å². The van der Waals surface area contributed by atoms with Gasteiger partial charge in [0.15, 0.2) is 0 Å². The molecule has 0 amide bonds. The van der Waals surface area contributed by atoms with Crippen molar-refractivity contribution in [1.29, 1.82) is 0 Å². The lowest BCUT2D eigenvalue weighted by molar-refractivity contribution is 0.0609. The van der Waals surface area contributed by atoms with Gasteiger partial charge >= 0.3 is 0 Å². The number of hydrogen-bond acceptors (Lipinski definition) is 2. The highest BCUT2D eigenvalue weighted by Crippen LogP contribution is 2.29. The molecule has 110 valence electrons. The van der Waals surface area contributed by atoms with Crippen molar-refractivity contribution in [3.8, 4) is 12.3 Å². The van der Waals surface area contributed by atoms with Crippen LogP contribution in [-0.2, 0) is 9.47 Å². The number of ether oxygens (including phenoxy) is 2. The summed E-state index contributed by atoms with van der Waals surface area (Å²) in [4.78, 5) is 0. The summed E-state index contributed by atoms with van der Waals surface area (Å²) in [5, 5.41) is 0. The minimum absolute atomic E-state index is 0.787. The second-order valence-corrected chi connectivity index (χ2v) is 5.79. The number of unbranched alkanes of at least 4 members (excludes halogenated alkanes) is 4. The summed E-state index contributed by atoms with van der Waals surface area (Å²) in [6.07, 6.45) is 16.2. The quantitative estimate of drug-likeness (QED) is 0.439. The van der Waals surface area contributed by atoms with Gasteiger partial charge in [0.2, 0.25) is 0 Å². The van der Waals surface area contributed by atoms with E-state index in [1.165, 1.54) is 51.4 Å². The topological polar surface area (TPSA) is 18.5 Å². The van der Waals surface area contributed by atoms with Gasteiger partial charge in [0, 0.05) is 33.4 Å². The van der Waals surface area contributed by atoms with Gasteiger partial charge in [-0.05, 0) is 50.4 Å². The zero-order valence-electron chi connectivity index (χ0n) is 12.5. The molecule has 0 aromatic carbocycles. The Bertz CT molecular complexity index is 236. The van der Waals surface area contributed by atoms with E-state index in [0.717, 1.165) is 38.1 Å². The number of rotatable bonds is 10. The van der Waals surface area contributed by atoms with Crippen molar-refractivity contribution < 1.29 is 9.47 Å². The zero-order valence-corrected chi connectivity index (χ0v) is 12.5. The molecular formula is C17H30O2. The first-order chi connectivity index (χ1) is 9.36. The predicted octanol–water partition coefficient (Wildman–Crippen LogP) is 4.04. The van der Waals surface area contributed by atoms with Crippen molar-refractivity contribution in [2.75, 3.05) is 26.9 Å². The van der Waals surface area contributed by atoms with Crippen LogP contribution in [0.2, 0.25) is 0 Å². The van der Waals surface area contributed by atoms with Crippen molar-refractivity contribution in [3.05, 3.63) is 0 Å². The van der Waals surface area contributed by atoms with Crippen LogP contribution in [0.4, 0.5) is 0 Å². The Labute approximate surface area is 119 Å². The second kappa shape index (κ2) is 11.3. The van der Waals surface area contributed by atoms with Gasteiger partial charge in [-0.25, -0.2) is 0 Å². The third-order valence-corrected chi connectivity index (χ3v) is 4.08. The summed E-state index contributed by atoms with van der Waals surface area (Å²) in [6, 6.07) is 0. The molecule has 1 aliphatic carbocycles. The fraction of sp³-hybridized carbons (Fsp3) is 0.882. The van der Waals surface area contributed by atoms with E-state index in [-0.39, 0.29) is 0 Å². The summed E-state index contributed by atoms with van der Waals surface area (Å²) in [7, 11) is 1.80. The molecule has 1 saturated carbocycles.